The molecule has 1 saturated heterocycles. The number of benzene rings is 1. The molecule has 1 aliphatic carbocycles. The first-order valence-corrected chi connectivity index (χ1v) is 8.99. The number of carbonyl (C=O) groups is 1. The van der Waals surface area contributed by atoms with Crippen molar-refractivity contribution in [3.63, 3.8) is 0 Å². The Morgan fingerprint density at radius 1 is 1.17 bits per heavy atom. The second-order valence-electron chi connectivity index (χ2n) is 7.49. The third-order valence-electron chi connectivity index (χ3n) is 5.52. The van der Waals surface area contributed by atoms with Crippen molar-refractivity contribution >= 4 is 5.91 Å². The van der Waals surface area contributed by atoms with Crippen molar-refractivity contribution < 1.29 is 15.0 Å². The molecule has 0 spiro atoms. The van der Waals surface area contributed by atoms with Gasteiger partial charge in [-0.15, -0.1) is 0 Å². The van der Waals surface area contributed by atoms with Crippen LogP contribution in [0, 0.1) is 5.92 Å². The number of β-amino-alcohol motifs (C(OH)–C–C–N with tert-alkyl or cyclic N) is 1. The number of piperazine rings is 1. The lowest BCUT2D eigenvalue weighted by atomic mass is 9.79. The van der Waals surface area contributed by atoms with E-state index in [2.05, 4.69) is 11.8 Å². The molecule has 1 aliphatic heterocycles. The van der Waals surface area contributed by atoms with E-state index in [0.29, 0.717) is 25.2 Å². The van der Waals surface area contributed by atoms with E-state index in [9.17, 15) is 15.0 Å². The number of para-hydroxylation sites is 1. The number of phenolic OH excluding ortho intramolecular Hbond substituents is 1. The number of aromatic hydroxyl groups is 1. The fourth-order valence-corrected chi connectivity index (χ4v) is 3.81. The highest BCUT2D eigenvalue weighted by molar-refractivity contribution is 5.96. The van der Waals surface area contributed by atoms with Crippen molar-refractivity contribution in [1.82, 2.24) is 9.80 Å². The van der Waals surface area contributed by atoms with Crippen molar-refractivity contribution in [3.05, 3.63) is 29.8 Å². The maximum atomic E-state index is 12.5. The van der Waals surface area contributed by atoms with Crippen LogP contribution in [0.3, 0.4) is 0 Å². The molecule has 1 heterocycles. The molecule has 24 heavy (non-hydrogen) atoms. The number of rotatable bonds is 3. The zero-order valence-electron chi connectivity index (χ0n) is 14.4. The smallest absolute Gasteiger partial charge is 0.257 e. The average molecular weight is 332 g/mol. The Balaban J connectivity index is 1.52. The Morgan fingerprint density at radius 3 is 2.42 bits per heavy atom. The molecule has 132 valence electrons. The van der Waals surface area contributed by atoms with Crippen molar-refractivity contribution in [3.8, 4) is 5.75 Å². The maximum absolute atomic E-state index is 12.5. The fourth-order valence-electron chi connectivity index (χ4n) is 3.81. The molecular weight excluding hydrogens is 304 g/mol. The van der Waals surface area contributed by atoms with Gasteiger partial charge in [0.25, 0.3) is 5.91 Å². The third kappa shape index (κ3) is 3.90. The van der Waals surface area contributed by atoms with Gasteiger partial charge in [0.05, 0.1) is 11.2 Å². The molecule has 2 fully saturated rings. The highest BCUT2D eigenvalue weighted by Crippen LogP contribution is 2.32. The van der Waals surface area contributed by atoms with Gasteiger partial charge in [-0.2, -0.15) is 0 Å². The molecule has 0 aromatic heterocycles. The van der Waals surface area contributed by atoms with Gasteiger partial charge in [0, 0.05) is 32.7 Å². The lowest BCUT2D eigenvalue weighted by molar-refractivity contribution is -0.0418. The van der Waals surface area contributed by atoms with Gasteiger partial charge in [0.15, 0.2) is 0 Å². The van der Waals surface area contributed by atoms with Crippen molar-refractivity contribution in [2.45, 2.75) is 38.2 Å². The SMILES string of the molecule is CC1CCC(O)(CN2CCN(C(=O)c3ccccc3O)CC2)CC1. The van der Waals surface area contributed by atoms with Crippen LogP contribution < -0.4 is 0 Å². The zero-order valence-corrected chi connectivity index (χ0v) is 14.4. The molecule has 5 nitrogen and oxygen atoms in total. The number of aliphatic hydroxyl groups is 1. The molecule has 0 unspecified atom stereocenters. The van der Waals surface area contributed by atoms with E-state index in [1.165, 1.54) is 0 Å². The van der Waals surface area contributed by atoms with Crippen LogP contribution in [0.2, 0.25) is 0 Å². The molecule has 1 aromatic carbocycles. The van der Waals surface area contributed by atoms with Crippen LogP contribution in [0.25, 0.3) is 0 Å². The van der Waals surface area contributed by atoms with E-state index in [-0.39, 0.29) is 11.7 Å². The molecule has 1 saturated carbocycles. The molecule has 0 radical (unpaired) electrons. The standard InChI is InChI=1S/C19H28N2O3/c1-15-6-8-19(24,9-7-15)14-20-10-12-21(13-11-20)18(23)16-4-2-3-5-17(16)22/h2-5,15,22,24H,6-14H2,1H3. The van der Waals surface area contributed by atoms with E-state index < -0.39 is 5.60 Å². The Labute approximate surface area is 143 Å². The van der Waals surface area contributed by atoms with Gasteiger partial charge < -0.3 is 15.1 Å². The van der Waals surface area contributed by atoms with Crippen LogP contribution in [0.5, 0.6) is 5.75 Å². The van der Waals surface area contributed by atoms with Gasteiger partial charge >= 0.3 is 0 Å². The second-order valence-corrected chi connectivity index (χ2v) is 7.49. The third-order valence-corrected chi connectivity index (χ3v) is 5.52. The van der Waals surface area contributed by atoms with E-state index in [1.807, 2.05) is 0 Å². The van der Waals surface area contributed by atoms with E-state index >= 15 is 0 Å². The Kier molecular flexibility index (Phi) is 5.11. The van der Waals surface area contributed by atoms with E-state index in [4.69, 9.17) is 0 Å². The van der Waals surface area contributed by atoms with Gasteiger partial charge in [-0.05, 0) is 43.7 Å². The first kappa shape index (κ1) is 17.2. The first-order valence-electron chi connectivity index (χ1n) is 8.99. The summed E-state index contributed by atoms with van der Waals surface area (Å²) in [6, 6.07) is 6.69. The Hall–Kier alpha value is -1.59. The van der Waals surface area contributed by atoms with Gasteiger partial charge in [-0.25, -0.2) is 0 Å². The minimum absolute atomic E-state index is 0.0376. The first-order chi connectivity index (χ1) is 11.5. The molecule has 0 bridgehead atoms. The topological polar surface area (TPSA) is 64.0 Å². The normalized spacial score (nSPS) is 28.8. The summed E-state index contributed by atoms with van der Waals surface area (Å²) in [5, 5.41) is 20.6. The number of hydrogen-bond acceptors (Lipinski definition) is 4. The van der Waals surface area contributed by atoms with Crippen LogP contribution >= 0.6 is 0 Å². The molecule has 3 rings (SSSR count). The minimum atomic E-state index is -0.559. The van der Waals surface area contributed by atoms with Gasteiger partial charge in [-0.1, -0.05) is 19.1 Å². The Bertz CT molecular complexity index is 574. The quantitative estimate of drug-likeness (QED) is 0.890. The van der Waals surface area contributed by atoms with Crippen molar-refractivity contribution in [2.75, 3.05) is 32.7 Å². The number of carbonyl (C=O) groups excluding carboxylic acids is 1. The van der Waals surface area contributed by atoms with Crippen LogP contribution in [-0.4, -0.2) is 64.2 Å². The summed E-state index contributed by atoms with van der Waals surface area (Å²) in [6.45, 7) is 5.79. The summed E-state index contributed by atoms with van der Waals surface area (Å²) >= 11 is 0. The highest BCUT2D eigenvalue weighted by Gasteiger charge is 2.35. The van der Waals surface area contributed by atoms with Crippen LogP contribution in [0.4, 0.5) is 0 Å². The molecule has 1 aromatic rings. The van der Waals surface area contributed by atoms with Gasteiger partial charge in [-0.3, -0.25) is 9.69 Å². The fraction of sp³-hybridized carbons (Fsp3) is 0.632. The largest absolute Gasteiger partial charge is 0.507 e. The lowest BCUT2D eigenvalue weighted by Crippen LogP contribution is -2.53. The predicted octanol–water partition coefficient (Wildman–Crippen LogP) is 2.09. The molecular formula is C19H28N2O3. The number of hydrogen-bond donors (Lipinski definition) is 2. The summed E-state index contributed by atoms with van der Waals surface area (Å²) in [5.41, 5.74) is -0.193. The van der Waals surface area contributed by atoms with Crippen LogP contribution in [-0.2, 0) is 0 Å². The number of phenols is 1. The number of amides is 1. The van der Waals surface area contributed by atoms with E-state index in [0.717, 1.165) is 44.7 Å². The summed E-state index contributed by atoms with van der Waals surface area (Å²) in [5.74, 6) is 0.645. The summed E-state index contributed by atoms with van der Waals surface area (Å²) in [4.78, 5) is 16.6. The molecule has 0 atom stereocenters. The van der Waals surface area contributed by atoms with Gasteiger partial charge in [0.1, 0.15) is 5.75 Å². The zero-order chi connectivity index (χ0) is 17.2. The second kappa shape index (κ2) is 7.11. The van der Waals surface area contributed by atoms with Crippen molar-refractivity contribution in [1.29, 1.82) is 0 Å². The molecule has 1 amide bonds. The molecule has 2 N–H and O–H groups in total. The molecule has 5 heteroatoms. The van der Waals surface area contributed by atoms with Gasteiger partial charge in [0.2, 0.25) is 0 Å². The van der Waals surface area contributed by atoms with Crippen LogP contribution in [0.1, 0.15) is 43.0 Å². The average Bonchev–Trinajstić information content (AvgIpc) is 2.58. The maximum Gasteiger partial charge on any atom is 0.257 e. The van der Waals surface area contributed by atoms with Crippen LogP contribution in [0.15, 0.2) is 24.3 Å². The summed E-state index contributed by atoms with van der Waals surface area (Å²) < 4.78 is 0. The summed E-state index contributed by atoms with van der Waals surface area (Å²) in [6.07, 6.45) is 3.96. The summed E-state index contributed by atoms with van der Waals surface area (Å²) in [7, 11) is 0. The monoisotopic (exact) mass is 332 g/mol. The minimum Gasteiger partial charge on any atom is -0.507 e. The lowest BCUT2D eigenvalue weighted by Gasteiger charge is -2.42. The molecule has 2 aliphatic rings. The highest BCUT2D eigenvalue weighted by atomic mass is 16.3. The van der Waals surface area contributed by atoms with Crippen molar-refractivity contribution in [2.24, 2.45) is 5.92 Å². The van der Waals surface area contributed by atoms with E-state index in [1.54, 1.807) is 29.2 Å². The Morgan fingerprint density at radius 2 is 1.79 bits per heavy atom. The predicted molar refractivity (Wildman–Crippen MR) is 93.0 cm³/mol. The number of nitrogens with zero attached hydrogens (tertiary/aromatic N) is 2.